The monoisotopic (exact) mass is 175 g/mol. The number of carbonyl (C=O) groups is 1. The van der Waals surface area contributed by atoms with E-state index in [-0.39, 0.29) is 11.2 Å². The zero-order chi connectivity index (χ0) is 9.64. The van der Waals surface area contributed by atoms with Gasteiger partial charge in [-0.3, -0.25) is 4.79 Å². The molecule has 0 saturated carbocycles. The van der Waals surface area contributed by atoms with Gasteiger partial charge in [-0.25, -0.2) is 0 Å². The number of nitrogens with two attached hydrogens (primary N) is 1. The van der Waals surface area contributed by atoms with E-state index in [2.05, 4.69) is 0 Å². The number of ketones is 1. The second-order valence-electron chi connectivity index (χ2n) is 4.14. The van der Waals surface area contributed by atoms with Crippen LogP contribution >= 0.6 is 0 Å². The fourth-order valence-electron chi connectivity index (χ4n) is 1.87. The fraction of sp³-hybridized carbons (Fsp3) is 0.364. The van der Waals surface area contributed by atoms with Gasteiger partial charge in [-0.2, -0.15) is 0 Å². The summed E-state index contributed by atoms with van der Waals surface area (Å²) < 4.78 is 0. The second-order valence-corrected chi connectivity index (χ2v) is 4.14. The Balaban J connectivity index is 2.64. The summed E-state index contributed by atoms with van der Waals surface area (Å²) in [4.78, 5) is 11.6. The minimum Gasteiger partial charge on any atom is -0.399 e. The van der Waals surface area contributed by atoms with Crippen molar-refractivity contribution in [1.29, 1.82) is 0 Å². The standard InChI is InChI=1S/C11H13NO/c1-11(2)9-6-8(12)4-3-7(9)5-10(11)13/h3-4,6H,5,12H2,1-2H3. The first-order valence-electron chi connectivity index (χ1n) is 4.44. The topological polar surface area (TPSA) is 43.1 Å². The number of fused-ring (bicyclic) bond motifs is 1. The first-order valence-corrected chi connectivity index (χ1v) is 4.44. The molecule has 0 unspecified atom stereocenters. The molecule has 0 saturated heterocycles. The molecule has 13 heavy (non-hydrogen) atoms. The number of rotatable bonds is 0. The third-order valence-corrected chi connectivity index (χ3v) is 2.86. The van der Waals surface area contributed by atoms with Crippen LogP contribution in [0, 0.1) is 0 Å². The maximum absolute atomic E-state index is 11.6. The van der Waals surface area contributed by atoms with Gasteiger partial charge in [-0.05, 0) is 37.1 Å². The zero-order valence-corrected chi connectivity index (χ0v) is 7.92. The lowest BCUT2D eigenvalue weighted by Gasteiger charge is -2.17. The van der Waals surface area contributed by atoms with E-state index in [4.69, 9.17) is 5.73 Å². The molecule has 1 aromatic rings. The molecule has 2 heteroatoms. The molecule has 0 aliphatic heterocycles. The number of hydrogen-bond donors (Lipinski definition) is 1. The number of benzene rings is 1. The molecule has 2 N–H and O–H groups in total. The summed E-state index contributed by atoms with van der Waals surface area (Å²) in [7, 11) is 0. The quantitative estimate of drug-likeness (QED) is 0.609. The van der Waals surface area contributed by atoms with Gasteiger partial charge in [0, 0.05) is 17.5 Å². The Labute approximate surface area is 77.8 Å². The molecule has 0 atom stereocenters. The molecular weight excluding hydrogens is 162 g/mol. The number of anilines is 1. The lowest BCUT2D eigenvalue weighted by molar-refractivity contribution is -0.121. The van der Waals surface area contributed by atoms with Crippen LogP contribution in [0.5, 0.6) is 0 Å². The van der Waals surface area contributed by atoms with Gasteiger partial charge >= 0.3 is 0 Å². The molecule has 0 radical (unpaired) electrons. The number of hydrogen-bond acceptors (Lipinski definition) is 2. The molecular formula is C11H13NO. The molecule has 0 amide bonds. The summed E-state index contributed by atoms with van der Waals surface area (Å²) in [6, 6.07) is 5.73. The Bertz CT molecular complexity index is 380. The van der Waals surface area contributed by atoms with E-state index in [0.29, 0.717) is 6.42 Å². The Morgan fingerprint density at radius 1 is 1.38 bits per heavy atom. The lowest BCUT2D eigenvalue weighted by Crippen LogP contribution is -2.23. The summed E-state index contributed by atoms with van der Waals surface area (Å²) in [5.41, 5.74) is 8.30. The summed E-state index contributed by atoms with van der Waals surface area (Å²) in [6.07, 6.45) is 0.558. The Hall–Kier alpha value is -1.31. The van der Waals surface area contributed by atoms with E-state index in [9.17, 15) is 4.79 Å². The number of carbonyl (C=O) groups excluding carboxylic acids is 1. The van der Waals surface area contributed by atoms with Crippen molar-refractivity contribution >= 4 is 11.5 Å². The molecule has 0 heterocycles. The molecule has 0 fully saturated rings. The highest BCUT2D eigenvalue weighted by Gasteiger charge is 2.37. The molecule has 1 aromatic carbocycles. The third kappa shape index (κ3) is 1.05. The second kappa shape index (κ2) is 2.34. The van der Waals surface area contributed by atoms with Gasteiger partial charge in [0.2, 0.25) is 0 Å². The summed E-state index contributed by atoms with van der Waals surface area (Å²) in [6.45, 7) is 3.92. The average molecular weight is 175 g/mol. The van der Waals surface area contributed by atoms with Crippen molar-refractivity contribution in [2.75, 3.05) is 5.73 Å². The lowest BCUT2D eigenvalue weighted by atomic mass is 9.85. The molecule has 2 nitrogen and oxygen atoms in total. The smallest absolute Gasteiger partial charge is 0.147 e. The van der Waals surface area contributed by atoms with Crippen molar-refractivity contribution in [1.82, 2.24) is 0 Å². The number of nitrogen functional groups attached to an aromatic ring is 1. The van der Waals surface area contributed by atoms with Crippen molar-refractivity contribution < 1.29 is 4.79 Å². The SMILES string of the molecule is CC1(C)C(=O)Cc2ccc(N)cc21. The van der Waals surface area contributed by atoms with E-state index in [0.717, 1.165) is 16.8 Å². The van der Waals surface area contributed by atoms with Crippen molar-refractivity contribution in [2.24, 2.45) is 0 Å². The molecule has 1 aliphatic carbocycles. The van der Waals surface area contributed by atoms with Crippen LogP contribution in [0.4, 0.5) is 5.69 Å². The van der Waals surface area contributed by atoms with E-state index >= 15 is 0 Å². The highest BCUT2D eigenvalue weighted by molar-refractivity contribution is 5.96. The van der Waals surface area contributed by atoms with Crippen molar-refractivity contribution in [3.05, 3.63) is 29.3 Å². The van der Waals surface area contributed by atoms with Crippen molar-refractivity contribution in [2.45, 2.75) is 25.7 Å². The minimum absolute atomic E-state index is 0.285. The predicted molar refractivity (Wildman–Crippen MR) is 52.6 cm³/mol. The molecule has 1 aliphatic rings. The minimum atomic E-state index is -0.343. The van der Waals surface area contributed by atoms with Crippen molar-refractivity contribution in [3.8, 4) is 0 Å². The van der Waals surface area contributed by atoms with Crippen molar-refractivity contribution in [3.63, 3.8) is 0 Å². The molecule has 2 rings (SSSR count). The average Bonchev–Trinajstić information content (AvgIpc) is 2.27. The van der Waals surface area contributed by atoms with Crippen LogP contribution in [0.15, 0.2) is 18.2 Å². The summed E-state index contributed by atoms with van der Waals surface area (Å²) in [5, 5.41) is 0. The first-order chi connectivity index (χ1) is 6.01. The summed E-state index contributed by atoms with van der Waals surface area (Å²) in [5.74, 6) is 0.285. The highest BCUT2D eigenvalue weighted by atomic mass is 16.1. The van der Waals surface area contributed by atoms with Gasteiger partial charge in [-0.1, -0.05) is 6.07 Å². The first kappa shape index (κ1) is 8.30. The Morgan fingerprint density at radius 2 is 2.08 bits per heavy atom. The fourth-order valence-corrected chi connectivity index (χ4v) is 1.87. The van der Waals surface area contributed by atoms with E-state index in [1.54, 1.807) is 0 Å². The Kier molecular flexibility index (Phi) is 1.50. The predicted octanol–water partition coefficient (Wildman–Crippen LogP) is 1.67. The van der Waals surface area contributed by atoms with Crippen LogP contribution in [-0.2, 0) is 16.6 Å². The van der Waals surface area contributed by atoms with Crippen LogP contribution in [-0.4, -0.2) is 5.78 Å². The largest absolute Gasteiger partial charge is 0.399 e. The Morgan fingerprint density at radius 3 is 2.77 bits per heavy atom. The normalized spacial score (nSPS) is 18.8. The molecule has 0 aromatic heterocycles. The van der Waals surface area contributed by atoms with Gasteiger partial charge in [0.1, 0.15) is 5.78 Å². The van der Waals surface area contributed by atoms with Gasteiger partial charge in [0.05, 0.1) is 0 Å². The maximum Gasteiger partial charge on any atom is 0.147 e. The zero-order valence-electron chi connectivity index (χ0n) is 7.92. The molecule has 0 bridgehead atoms. The highest BCUT2D eigenvalue weighted by Crippen LogP contribution is 2.36. The number of Topliss-reactive ketones (excluding diaryl/α,β-unsaturated/α-hetero) is 1. The third-order valence-electron chi connectivity index (χ3n) is 2.86. The van der Waals surface area contributed by atoms with E-state index < -0.39 is 0 Å². The van der Waals surface area contributed by atoms with Crippen LogP contribution < -0.4 is 5.73 Å². The van der Waals surface area contributed by atoms with Crippen LogP contribution in [0.3, 0.4) is 0 Å². The maximum atomic E-state index is 11.6. The van der Waals surface area contributed by atoms with Crippen LogP contribution in [0.1, 0.15) is 25.0 Å². The molecule has 68 valence electrons. The van der Waals surface area contributed by atoms with Gasteiger partial charge in [0.15, 0.2) is 0 Å². The van der Waals surface area contributed by atoms with E-state index in [1.807, 2.05) is 32.0 Å². The molecule has 0 spiro atoms. The van der Waals surface area contributed by atoms with Crippen LogP contribution in [0.2, 0.25) is 0 Å². The van der Waals surface area contributed by atoms with Gasteiger partial charge < -0.3 is 5.73 Å². The van der Waals surface area contributed by atoms with E-state index in [1.165, 1.54) is 0 Å². The summed E-state index contributed by atoms with van der Waals surface area (Å²) >= 11 is 0. The van der Waals surface area contributed by atoms with Crippen LogP contribution in [0.25, 0.3) is 0 Å². The van der Waals surface area contributed by atoms with Gasteiger partial charge in [-0.15, -0.1) is 0 Å². The van der Waals surface area contributed by atoms with Gasteiger partial charge in [0.25, 0.3) is 0 Å².